The molecule has 5 rings (SSSR count). The predicted octanol–water partition coefficient (Wildman–Crippen LogP) is 1.84. The average molecular weight is 434 g/mol. The van der Waals surface area contributed by atoms with Gasteiger partial charge >= 0.3 is 0 Å². The minimum Gasteiger partial charge on any atom is -0.296 e. The zero-order valence-electron chi connectivity index (χ0n) is 16.4. The van der Waals surface area contributed by atoms with Crippen molar-refractivity contribution in [1.82, 2.24) is 24.8 Å². The van der Waals surface area contributed by atoms with E-state index in [1.54, 1.807) is 24.3 Å². The number of fused-ring (bicyclic) bond motifs is 2. The van der Waals surface area contributed by atoms with Crippen molar-refractivity contribution in [3.05, 3.63) is 70.2 Å². The Kier molecular flexibility index (Phi) is 5.00. The number of amides is 3. The van der Waals surface area contributed by atoms with Gasteiger partial charge in [-0.25, -0.2) is 9.97 Å². The Hall–Kier alpha value is -3.50. The molecule has 0 atom stereocenters. The third-order valence-electron chi connectivity index (χ3n) is 5.34. The second kappa shape index (κ2) is 7.97. The van der Waals surface area contributed by atoms with Crippen molar-refractivity contribution in [3.8, 4) is 0 Å². The number of imide groups is 1. The van der Waals surface area contributed by atoms with Crippen LogP contribution in [0.4, 0.5) is 5.13 Å². The zero-order valence-corrected chi connectivity index (χ0v) is 17.3. The van der Waals surface area contributed by atoms with Crippen LogP contribution in [0.1, 0.15) is 41.8 Å². The van der Waals surface area contributed by atoms with Crippen LogP contribution >= 0.6 is 11.3 Å². The number of nitrogens with zero attached hydrogens (tertiary/aromatic N) is 5. The van der Waals surface area contributed by atoms with E-state index in [9.17, 15) is 14.4 Å². The summed E-state index contributed by atoms with van der Waals surface area (Å²) in [5.41, 5.74) is 2.15. The fourth-order valence-corrected chi connectivity index (χ4v) is 4.80. The van der Waals surface area contributed by atoms with Gasteiger partial charge in [0.25, 0.3) is 17.7 Å². The average Bonchev–Trinajstić information content (AvgIpc) is 3.31. The van der Waals surface area contributed by atoms with Gasteiger partial charge in [0.1, 0.15) is 5.69 Å². The lowest BCUT2D eigenvalue weighted by Gasteiger charge is -2.27. The van der Waals surface area contributed by atoms with Gasteiger partial charge in [-0.1, -0.05) is 12.1 Å². The maximum atomic E-state index is 12.5. The van der Waals surface area contributed by atoms with Crippen LogP contribution in [0.15, 0.2) is 42.9 Å². The summed E-state index contributed by atoms with van der Waals surface area (Å²) in [7, 11) is 0. The fourth-order valence-electron chi connectivity index (χ4n) is 3.75. The first kappa shape index (κ1) is 19.5. The van der Waals surface area contributed by atoms with Crippen molar-refractivity contribution in [2.75, 3.05) is 25.0 Å². The molecule has 1 aromatic carbocycles. The Labute approximate surface area is 181 Å². The number of hydrogen-bond donors (Lipinski definition) is 1. The molecule has 0 saturated carbocycles. The van der Waals surface area contributed by atoms with Gasteiger partial charge in [0.05, 0.1) is 23.0 Å². The first-order valence-corrected chi connectivity index (χ1v) is 10.7. The van der Waals surface area contributed by atoms with E-state index in [-0.39, 0.29) is 23.4 Å². The van der Waals surface area contributed by atoms with Crippen LogP contribution in [0.2, 0.25) is 0 Å². The monoisotopic (exact) mass is 434 g/mol. The van der Waals surface area contributed by atoms with Gasteiger partial charge in [-0.3, -0.25) is 34.5 Å². The van der Waals surface area contributed by atoms with Crippen molar-refractivity contribution in [3.63, 3.8) is 0 Å². The topological polar surface area (TPSA) is 108 Å². The van der Waals surface area contributed by atoms with Gasteiger partial charge in [0.2, 0.25) is 0 Å². The van der Waals surface area contributed by atoms with E-state index in [0.29, 0.717) is 35.9 Å². The SMILES string of the molecule is O=C(Nc1nc2c(s1)CN(CCN1C(=O)c3ccccc3C1=O)CC2)c1cnccn1. The number of anilines is 1. The fraction of sp³-hybridized carbons (Fsp3) is 0.238. The summed E-state index contributed by atoms with van der Waals surface area (Å²) >= 11 is 1.43. The minimum atomic E-state index is -0.346. The summed E-state index contributed by atoms with van der Waals surface area (Å²) in [6, 6.07) is 6.92. The van der Waals surface area contributed by atoms with Crippen molar-refractivity contribution in [2.45, 2.75) is 13.0 Å². The number of benzene rings is 1. The summed E-state index contributed by atoms with van der Waals surface area (Å²) in [6.07, 6.45) is 5.13. The van der Waals surface area contributed by atoms with E-state index in [1.165, 1.54) is 34.8 Å². The highest BCUT2D eigenvalue weighted by molar-refractivity contribution is 7.15. The predicted molar refractivity (Wildman–Crippen MR) is 113 cm³/mol. The van der Waals surface area contributed by atoms with Gasteiger partial charge in [-0.15, -0.1) is 11.3 Å². The largest absolute Gasteiger partial charge is 0.296 e. The molecule has 0 bridgehead atoms. The number of thiazole rings is 1. The smallest absolute Gasteiger partial charge is 0.277 e. The number of carbonyl (C=O) groups is 3. The van der Waals surface area contributed by atoms with Gasteiger partial charge in [0, 0.05) is 49.9 Å². The number of nitrogens with one attached hydrogen (secondary N) is 1. The third kappa shape index (κ3) is 3.71. The Morgan fingerprint density at radius 1 is 1.10 bits per heavy atom. The first-order chi connectivity index (χ1) is 15.1. The van der Waals surface area contributed by atoms with E-state index < -0.39 is 0 Å². The molecule has 2 aromatic heterocycles. The third-order valence-corrected chi connectivity index (χ3v) is 6.34. The molecule has 3 amide bonds. The summed E-state index contributed by atoms with van der Waals surface area (Å²) in [5.74, 6) is -0.808. The van der Waals surface area contributed by atoms with Crippen LogP contribution in [0.3, 0.4) is 0 Å². The molecule has 156 valence electrons. The molecule has 4 heterocycles. The normalized spacial score (nSPS) is 15.7. The molecule has 10 heteroatoms. The molecule has 0 radical (unpaired) electrons. The maximum Gasteiger partial charge on any atom is 0.277 e. The van der Waals surface area contributed by atoms with Crippen molar-refractivity contribution in [1.29, 1.82) is 0 Å². The zero-order chi connectivity index (χ0) is 21.4. The molecule has 31 heavy (non-hydrogen) atoms. The minimum absolute atomic E-state index is 0.231. The lowest BCUT2D eigenvalue weighted by molar-refractivity contribution is 0.0633. The summed E-state index contributed by atoms with van der Waals surface area (Å²) in [4.78, 5) is 54.3. The first-order valence-electron chi connectivity index (χ1n) is 9.83. The van der Waals surface area contributed by atoms with Crippen LogP contribution < -0.4 is 5.32 Å². The Morgan fingerprint density at radius 2 is 1.87 bits per heavy atom. The van der Waals surface area contributed by atoms with Crippen molar-refractivity contribution >= 4 is 34.2 Å². The Morgan fingerprint density at radius 3 is 2.58 bits per heavy atom. The highest BCUT2D eigenvalue weighted by Crippen LogP contribution is 2.29. The molecule has 0 spiro atoms. The molecule has 3 aromatic rings. The highest BCUT2D eigenvalue weighted by Gasteiger charge is 2.35. The second-order valence-corrected chi connectivity index (χ2v) is 8.35. The van der Waals surface area contributed by atoms with Gasteiger partial charge in [-0.05, 0) is 12.1 Å². The summed E-state index contributed by atoms with van der Waals surface area (Å²) in [5, 5.41) is 3.31. The van der Waals surface area contributed by atoms with Crippen LogP contribution in [0, 0.1) is 0 Å². The Bertz CT molecular complexity index is 1140. The van der Waals surface area contributed by atoms with Crippen molar-refractivity contribution < 1.29 is 14.4 Å². The molecule has 0 aliphatic carbocycles. The Balaban J connectivity index is 1.20. The molecular formula is C21H18N6O3S. The molecule has 0 fully saturated rings. The van der Waals surface area contributed by atoms with Gasteiger partial charge in [0.15, 0.2) is 5.13 Å². The van der Waals surface area contributed by atoms with E-state index in [0.717, 1.165) is 23.5 Å². The van der Waals surface area contributed by atoms with E-state index >= 15 is 0 Å². The number of rotatable bonds is 5. The van der Waals surface area contributed by atoms with Gasteiger partial charge < -0.3 is 0 Å². The summed E-state index contributed by atoms with van der Waals surface area (Å²) < 4.78 is 0. The molecule has 0 unspecified atom stereocenters. The van der Waals surface area contributed by atoms with Crippen LogP contribution in [-0.4, -0.2) is 62.1 Å². The molecule has 9 nitrogen and oxygen atoms in total. The maximum absolute atomic E-state index is 12.5. The highest BCUT2D eigenvalue weighted by atomic mass is 32.1. The van der Waals surface area contributed by atoms with Crippen LogP contribution in [0.5, 0.6) is 0 Å². The van der Waals surface area contributed by atoms with Crippen LogP contribution in [0.25, 0.3) is 0 Å². The standard InChI is InChI=1S/C21H18N6O3S/c28-18(16-11-22-6-7-23-16)25-21-24-15-5-8-26(12-17(15)31-21)9-10-27-19(29)13-3-1-2-4-14(13)20(27)30/h1-4,6-7,11H,5,8-10,12H2,(H,24,25,28). The molecule has 1 N–H and O–H groups in total. The van der Waals surface area contributed by atoms with E-state index in [1.807, 2.05) is 0 Å². The number of hydrogen-bond acceptors (Lipinski definition) is 8. The van der Waals surface area contributed by atoms with Gasteiger partial charge in [-0.2, -0.15) is 0 Å². The quantitative estimate of drug-likeness (QED) is 0.611. The molecular weight excluding hydrogens is 416 g/mol. The lowest BCUT2D eigenvalue weighted by atomic mass is 10.1. The summed E-state index contributed by atoms with van der Waals surface area (Å²) in [6.45, 7) is 2.37. The van der Waals surface area contributed by atoms with Crippen molar-refractivity contribution in [2.24, 2.45) is 0 Å². The molecule has 2 aliphatic rings. The van der Waals surface area contributed by atoms with E-state index in [2.05, 4.69) is 25.2 Å². The van der Waals surface area contributed by atoms with Crippen LogP contribution in [-0.2, 0) is 13.0 Å². The molecule has 0 saturated heterocycles. The second-order valence-electron chi connectivity index (χ2n) is 7.27. The number of carbonyl (C=O) groups excluding carboxylic acids is 3. The lowest BCUT2D eigenvalue weighted by Crippen LogP contribution is -2.40. The molecule has 2 aliphatic heterocycles. The van der Waals surface area contributed by atoms with E-state index in [4.69, 9.17) is 0 Å². The number of aromatic nitrogens is 3.